The normalized spacial score (nSPS) is 20.8. The zero-order valence-corrected chi connectivity index (χ0v) is 10.6. The summed E-state index contributed by atoms with van der Waals surface area (Å²) < 4.78 is 2.09. The number of aromatic nitrogens is 2. The topological polar surface area (TPSA) is 46.6 Å². The fourth-order valence-corrected chi connectivity index (χ4v) is 2.82. The third-order valence-electron chi connectivity index (χ3n) is 3.74. The highest BCUT2D eigenvalue weighted by molar-refractivity contribution is 5.39. The van der Waals surface area contributed by atoms with Crippen molar-refractivity contribution in [3.8, 4) is 0 Å². The highest BCUT2D eigenvalue weighted by atomic mass is 15.2. The SMILES string of the molecule is NCCC1CCN(Cc2cn3ccccc3n2)C1. The lowest BCUT2D eigenvalue weighted by molar-refractivity contribution is 0.311. The Morgan fingerprint density at radius 2 is 2.33 bits per heavy atom. The number of nitrogens with two attached hydrogens (primary N) is 1. The van der Waals surface area contributed by atoms with Gasteiger partial charge in [-0.1, -0.05) is 6.07 Å². The predicted octanol–water partition coefficient (Wildman–Crippen LogP) is 1.50. The van der Waals surface area contributed by atoms with Gasteiger partial charge in [0.05, 0.1) is 5.69 Å². The first-order valence-electron chi connectivity index (χ1n) is 6.70. The van der Waals surface area contributed by atoms with E-state index >= 15 is 0 Å². The summed E-state index contributed by atoms with van der Waals surface area (Å²) in [7, 11) is 0. The maximum atomic E-state index is 5.62. The zero-order valence-electron chi connectivity index (χ0n) is 10.6. The molecular formula is C14H20N4. The van der Waals surface area contributed by atoms with Crippen LogP contribution >= 0.6 is 0 Å². The molecule has 1 aliphatic rings. The highest BCUT2D eigenvalue weighted by Crippen LogP contribution is 2.20. The van der Waals surface area contributed by atoms with Gasteiger partial charge >= 0.3 is 0 Å². The Bertz CT molecular complexity index is 486. The van der Waals surface area contributed by atoms with Crippen LogP contribution in [0.5, 0.6) is 0 Å². The van der Waals surface area contributed by atoms with Crippen molar-refractivity contribution in [2.45, 2.75) is 19.4 Å². The van der Waals surface area contributed by atoms with Crippen molar-refractivity contribution in [2.24, 2.45) is 11.7 Å². The summed E-state index contributed by atoms with van der Waals surface area (Å²) in [4.78, 5) is 7.13. The van der Waals surface area contributed by atoms with Crippen molar-refractivity contribution in [3.63, 3.8) is 0 Å². The van der Waals surface area contributed by atoms with Crippen molar-refractivity contribution in [1.82, 2.24) is 14.3 Å². The molecule has 4 heteroatoms. The van der Waals surface area contributed by atoms with E-state index in [1.54, 1.807) is 0 Å². The number of rotatable bonds is 4. The van der Waals surface area contributed by atoms with Crippen LogP contribution in [0.2, 0.25) is 0 Å². The summed E-state index contributed by atoms with van der Waals surface area (Å²) in [6.45, 7) is 4.12. The number of hydrogen-bond acceptors (Lipinski definition) is 3. The smallest absolute Gasteiger partial charge is 0.137 e. The minimum Gasteiger partial charge on any atom is -0.330 e. The summed E-state index contributed by atoms with van der Waals surface area (Å²) in [6, 6.07) is 6.11. The molecule has 96 valence electrons. The predicted molar refractivity (Wildman–Crippen MR) is 72.2 cm³/mol. The fraction of sp³-hybridized carbons (Fsp3) is 0.500. The van der Waals surface area contributed by atoms with Crippen LogP contribution in [0.4, 0.5) is 0 Å². The van der Waals surface area contributed by atoms with Crippen LogP contribution in [0.15, 0.2) is 30.6 Å². The van der Waals surface area contributed by atoms with Gasteiger partial charge in [0.25, 0.3) is 0 Å². The lowest BCUT2D eigenvalue weighted by Crippen LogP contribution is -2.21. The van der Waals surface area contributed by atoms with E-state index in [4.69, 9.17) is 5.73 Å². The Morgan fingerprint density at radius 3 is 3.17 bits per heavy atom. The molecule has 0 aromatic carbocycles. The van der Waals surface area contributed by atoms with E-state index in [9.17, 15) is 0 Å². The zero-order chi connectivity index (χ0) is 12.4. The first-order valence-corrected chi connectivity index (χ1v) is 6.70. The fourth-order valence-electron chi connectivity index (χ4n) is 2.82. The second-order valence-corrected chi connectivity index (χ2v) is 5.17. The Labute approximate surface area is 107 Å². The Morgan fingerprint density at radius 1 is 1.39 bits per heavy atom. The largest absolute Gasteiger partial charge is 0.330 e. The lowest BCUT2D eigenvalue weighted by Gasteiger charge is -2.13. The number of nitrogens with zero attached hydrogens (tertiary/aromatic N) is 3. The van der Waals surface area contributed by atoms with Gasteiger partial charge in [-0.05, 0) is 44.0 Å². The van der Waals surface area contributed by atoms with E-state index in [1.165, 1.54) is 19.5 Å². The van der Waals surface area contributed by atoms with Crippen LogP contribution in [0.3, 0.4) is 0 Å². The molecule has 1 atom stereocenters. The highest BCUT2D eigenvalue weighted by Gasteiger charge is 2.22. The molecule has 1 saturated heterocycles. The average Bonchev–Trinajstić information content (AvgIpc) is 2.96. The summed E-state index contributed by atoms with van der Waals surface area (Å²) in [5, 5.41) is 0. The van der Waals surface area contributed by atoms with Crippen molar-refractivity contribution < 1.29 is 0 Å². The average molecular weight is 244 g/mol. The van der Waals surface area contributed by atoms with Gasteiger partial charge in [-0.3, -0.25) is 4.90 Å². The van der Waals surface area contributed by atoms with Crippen LogP contribution in [-0.4, -0.2) is 33.9 Å². The van der Waals surface area contributed by atoms with Crippen molar-refractivity contribution >= 4 is 5.65 Å². The maximum Gasteiger partial charge on any atom is 0.137 e. The van der Waals surface area contributed by atoms with Crippen molar-refractivity contribution in [1.29, 1.82) is 0 Å². The van der Waals surface area contributed by atoms with E-state index in [1.807, 2.05) is 24.4 Å². The Balaban J connectivity index is 1.66. The second kappa shape index (κ2) is 5.08. The van der Waals surface area contributed by atoms with Crippen LogP contribution in [0.25, 0.3) is 5.65 Å². The quantitative estimate of drug-likeness (QED) is 0.886. The number of imidazole rings is 1. The standard InChI is InChI=1S/C14H20N4/c15-6-4-12-5-8-17(9-12)10-13-11-18-7-2-1-3-14(18)16-13/h1-3,7,11-12H,4-6,8-10,15H2. The molecule has 4 nitrogen and oxygen atoms in total. The molecule has 18 heavy (non-hydrogen) atoms. The molecule has 1 aliphatic heterocycles. The van der Waals surface area contributed by atoms with Crippen LogP contribution in [0, 0.1) is 5.92 Å². The monoisotopic (exact) mass is 244 g/mol. The van der Waals surface area contributed by atoms with Crippen molar-refractivity contribution in [3.05, 3.63) is 36.3 Å². The van der Waals surface area contributed by atoms with Gasteiger partial charge in [-0.2, -0.15) is 0 Å². The van der Waals surface area contributed by atoms with Crippen LogP contribution in [-0.2, 0) is 6.54 Å². The van der Waals surface area contributed by atoms with Crippen LogP contribution in [0.1, 0.15) is 18.5 Å². The summed E-state index contributed by atoms with van der Waals surface area (Å²) in [6.07, 6.45) is 6.62. The number of fused-ring (bicyclic) bond motifs is 1. The van der Waals surface area contributed by atoms with Gasteiger partial charge in [-0.15, -0.1) is 0 Å². The summed E-state index contributed by atoms with van der Waals surface area (Å²) >= 11 is 0. The van der Waals surface area contributed by atoms with Gasteiger partial charge in [0, 0.05) is 25.5 Å². The molecule has 1 fully saturated rings. The number of hydrogen-bond donors (Lipinski definition) is 1. The molecule has 0 bridgehead atoms. The second-order valence-electron chi connectivity index (χ2n) is 5.17. The first-order chi connectivity index (χ1) is 8.85. The minimum atomic E-state index is 0.784. The third-order valence-corrected chi connectivity index (χ3v) is 3.74. The van der Waals surface area contributed by atoms with E-state index in [0.29, 0.717) is 0 Å². The van der Waals surface area contributed by atoms with E-state index < -0.39 is 0 Å². The van der Waals surface area contributed by atoms with Crippen LogP contribution < -0.4 is 5.73 Å². The first kappa shape index (κ1) is 11.7. The minimum absolute atomic E-state index is 0.784. The van der Waals surface area contributed by atoms with Crippen molar-refractivity contribution in [2.75, 3.05) is 19.6 Å². The molecule has 2 N–H and O–H groups in total. The molecule has 2 aromatic rings. The van der Waals surface area contributed by atoms with E-state index in [2.05, 4.69) is 20.5 Å². The van der Waals surface area contributed by atoms with Gasteiger partial charge in [-0.25, -0.2) is 4.98 Å². The third kappa shape index (κ3) is 2.40. The maximum absolute atomic E-state index is 5.62. The molecule has 2 aromatic heterocycles. The molecule has 0 amide bonds. The summed E-state index contributed by atoms with van der Waals surface area (Å²) in [5.41, 5.74) is 7.82. The molecule has 0 saturated carbocycles. The molecular weight excluding hydrogens is 224 g/mol. The number of pyridine rings is 1. The molecule has 1 unspecified atom stereocenters. The molecule has 3 rings (SSSR count). The summed E-state index contributed by atoms with van der Waals surface area (Å²) in [5.74, 6) is 0.784. The van der Waals surface area contributed by atoms with E-state index in [-0.39, 0.29) is 0 Å². The molecule has 0 radical (unpaired) electrons. The van der Waals surface area contributed by atoms with Gasteiger partial charge < -0.3 is 10.1 Å². The number of likely N-dealkylation sites (tertiary alicyclic amines) is 1. The van der Waals surface area contributed by atoms with Gasteiger partial charge in [0.1, 0.15) is 5.65 Å². The van der Waals surface area contributed by atoms with Gasteiger partial charge in [0.2, 0.25) is 0 Å². The van der Waals surface area contributed by atoms with Gasteiger partial charge in [0.15, 0.2) is 0 Å². The Kier molecular flexibility index (Phi) is 3.30. The Hall–Kier alpha value is -1.39. The van der Waals surface area contributed by atoms with E-state index in [0.717, 1.165) is 36.8 Å². The molecule has 0 spiro atoms. The molecule has 3 heterocycles. The lowest BCUT2D eigenvalue weighted by atomic mass is 10.1. The molecule has 0 aliphatic carbocycles.